The molecule has 0 unspecified atom stereocenters. The van der Waals surface area contributed by atoms with E-state index in [1.54, 1.807) is 0 Å². The van der Waals surface area contributed by atoms with E-state index in [4.69, 9.17) is 0 Å². The summed E-state index contributed by atoms with van der Waals surface area (Å²) >= 11 is 0. The van der Waals surface area contributed by atoms with Gasteiger partial charge in [0.15, 0.2) is 0 Å². The minimum absolute atomic E-state index is 0. The molecule has 14 heavy (non-hydrogen) atoms. The average Bonchev–Trinajstić information content (AvgIpc) is 2.06. The van der Waals surface area contributed by atoms with E-state index in [-0.39, 0.29) is 29.2 Å². The first kappa shape index (κ1) is 15.7. The zero-order valence-electron chi connectivity index (χ0n) is 7.65. The zero-order valence-corrected chi connectivity index (χ0v) is 10.2. The Morgan fingerprint density at radius 2 is 1.36 bits per heavy atom. The van der Waals surface area contributed by atoms with Crippen molar-refractivity contribution < 1.29 is 29.2 Å². The van der Waals surface area contributed by atoms with Crippen molar-refractivity contribution in [3.8, 4) is 0 Å². The Hall–Kier alpha value is -0.804. The normalized spacial score (nSPS) is 8.07. The molecule has 0 N–H and O–H groups in total. The Labute approximate surface area is 95.1 Å². The maximum absolute atomic E-state index is 2.16. The van der Waals surface area contributed by atoms with Crippen molar-refractivity contribution in [2.75, 3.05) is 0 Å². The molecule has 0 atom stereocenters. The third-order valence-electron chi connectivity index (χ3n) is 2.01. The summed E-state index contributed by atoms with van der Waals surface area (Å²) in [5, 5.41) is 2.68. The molecular weight excluding hydrogens is 360 g/mol. The van der Waals surface area contributed by atoms with Crippen LogP contribution >= 0.6 is 0 Å². The standard InChI is InChI=1S/C11H10.2FH.Os/c1-9-5-4-7-10-6-2-3-8-11(9)10;;;/h2-8H,1H3;2*1H;/q;;;+2/p-2. The van der Waals surface area contributed by atoms with Gasteiger partial charge in [-0.1, -0.05) is 42.5 Å². The summed E-state index contributed by atoms with van der Waals surface area (Å²) in [5.41, 5.74) is 1.35. The number of hydrogen-bond acceptors (Lipinski definition) is 0. The van der Waals surface area contributed by atoms with Crippen LogP contribution in [0.1, 0.15) is 5.56 Å². The molecule has 0 amide bonds. The fourth-order valence-electron chi connectivity index (χ4n) is 1.39. The molecule has 0 saturated heterocycles. The Kier molecular flexibility index (Phi) is 7.41. The Balaban J connectivity index is 0. The van der Waals surface area contributed by atoms with Gasteiger partial charge >= 0.3 is 19.8 Å². The van der Waals surface area contributed by atoms with Gasteiger partial charge in [-0.25, -0.2) is 0 Å². The van der Waals surface area contributed by atoms with Crippen molar-refractivity contribution >= 4 is 10.8 Å². The largest absolute Gasteiger partial charge is 2.00 e. The topological polar surface area (TPSA) is 0 Å². The first-order valence-corrected chi connectivity index (χ1v) is 3.82. The summed E-state index contributed by atoms with van der Waals surface area (Å²) < 4.78 is 0. The van der Waals surface area contributed by atoms with Crippen LogP contribution in [0.3, 0.4) is 0 Å². The average molecular weight is 370 g/mol. The van der Waals surface area contributed by atoms with Crippen LogP contribution < -0.4 is 9.41 Å². The molecule has 0 bridgehead atoms. The van der Waals surface area contributed by atoms with Crippen molar-refractivity contribution in [1.82, 2.24) is 0 Å². The molecule has 2 aromatic rings. The van der Waals surface area contributed by atoms with Crippen LogP contribution in [0, 0.1) is 6.92 Å². The smallest absolute Gasteiger partial charge is 1.00 e. The van der Waals surface area contributed by atoms with Gasteiger partial charge in [0, 0.05) is 0 Å². The third-order valence-corrected chi connectivity index (χ3v) is 2.01. The number of benzene rings is 2. The maximum atomic E-state index is 2.16. The maximum Gasteiger partial charge on any atom is 2.00 e. The quantitative estimate of drug-likeness (QED) is 0.469. The van der Waals surface area contributed by atoms with E-state index in [2.05, 4.69) is 49.4 Å². The Morgan fingerprint density at radius 1 is 0.786 bits per heavy atom. The molecular formula is C11H10F2Os. The van der Waals surface area contributed by atoms with Gasteiger partial charge in [-0.05, 0) is 23.3 Å². The first-order chi connectivity index (χ1) is 5.38. The molecule has 0 radical (unpaired) electrons. The monoisotopic (exact) mass is 372 g/mol. The molecule has 76 valence electrons. The second-order valence-electron chi connectivity index (χ2n) is 2.80. The summed E-state index contributed by atoms with van der Waals surface area (Å²) in [5.74, 6) is 0. The van der Waals surface area contributed by atoms with Crippen LogP contribution in [0.4, 0.5) is 0 Å². The van der Waals surface area contributed by atoms with Gasteiger partial charge in [0.2, 0.25) is 0 Å². The van der Waals surface area contributed by atoms with E-state index in [1.165, 1.54) is 16.3 Å². The second kappa shape index (κ2) is 6.62. The van der Waals surface area contributed by atoms with Crippen LogP contribution in [0.25, 0.3) is 10.8 Å². The van der Waals surface area contributed by atoms with Gasteiger partial charge in [0.1, 0.15) is 0 Å². The second-order valence-corrected chi connectivity index (χ2v) is 2.80. The molecule has 0 aromatic heterocycles. The molecule has 2 rings (SSSR count). The fraction of sp³-hybridized carbons (Fsp3) is 0.0909. The molecule has 2 aromatic carbocycles. The van der Waals surface area contributed by atoms with Crippen LogP contribution in [0.5, 0.6) is 0 Å². The van der Waals surface area contributed by atoms with Gasteiger partial charge in [-0.2, -0.15) is 0 Å². The van der Waals surface area contributed by atoms with E-state index in [0.29, 0.717) is 0 Å². The van der Waals surface area contributed by atoms with Crippen LogP contribution in [-0.4, -0.2) is 0 Å². The number of aryl methyl sites for hydroxylation is 1. The van der Waals surface area contributed by atoms with Crippen LogP contribution in [0.15, 0.2) is 42.5 Å². The Bertz CT molecular complexity index is 382. The summed E-state index contributed by atoms with van der Waals surface area (Å²) in [6.45, 7) is 2.14. The fourth-order valence-corrected chi connectivity index (χ4v) is 1.39. The SMILES string of the molecule is Cc1cccc2ccccc12.[F-].[F-].[Os+2]. The van der Waals surface area contributed by atoms with E-state index in [1.807, 2.05) is 0 Å². The van der Waals surface area contributed by atoms with E-state index < -0.39 is 0 Å². The molecule has 0 nitrogen and oxygen atoms in total. The van der Waals surface area contributed by atoms with Gasteiger partial charge < -0.3 is 9.41 Å². The number of hydrogen-bond donors (Lipinski definition) is 0. The van der Waals surface area contributed by atoms with Crippen LogP contribution in [0.2, 0.25) is 0 Å². The predicted octanol–water partition coefficient (Wildman–Crippen LogP) is -2.85. The minimum atomic E-state index is 0. The predicted molar refractivity (Wildman–Crippen MR) is 48.7 cm³/mol. The number of fused-ring (bicyclic) bond motifs is 1. The Morgan fingerprint density at radius 3 is 2.00 bits per heavy atom. The van der Waals surface area contributed by atoms with Gasteiger partial charge in [0.25, 0.3) is 0 Å². The molecule has 0 heterocycles. The minimum Gasteiger partial charge on any atom is -1.00 e. The summed E-state index contributed by atoms with van der Waals surface area (Å²) in [4.78, 5) is 0. The zero-order chi connectivity index (χ0) is 7.68. The van der Waals surface area contributed by atoms with E-state index >= 15 is 0 Å². The molecule has 0 spiro atoms. The molecule has 0 saturated carbocycles. The number of rotatable bonds is 0. The van der Waals surface area contributed by atoms with Gasteiger partial charge in [-0.3, -0.25) is 0 Å². The van der Waals surface area contributed by atoms with E-state index in [0.717, 1.165) is 0 Å². The summed E-state index contributed by atoms with van der Waals surface area (Å²) in [6, 6.07) is 14.8. The van der Waals surface area contributed by atoms with Crippen molar-refractivity contribution in [3.63, 3.8) is 0 Å². The molecule has 3 heteroatoms. The van der Waals surface area contributed by atoms with Crippen molar-refractivity contribution in [3.05, 3.63) is 48.0 Å². The summed E-state index contributed by atoms with van der Waals surface area (Å²) in [6.07, 6.45) is 0. The number of halogens is 2. The van der Waals surface area contributed by atoms with Gasteiger partial charge in [0.05, 0.1) is 0 Å². The van der Waals surface area contributed by atoms with Crippen LogP contribution in [-0.2, 0) is 19.8 Å². The van der Waals surface area contributed by atoms with Crippen molar-refractivity contribution in [2.24, 2.45) is 0 Å². The summed E-state index contributed by atoms with van der Waals surface area (Å²) in [7, 11) is 0. The van der Waals surface area contributed by atoms with Gasteiger partial charge in [-0.15, -0.1) is 0 Å². The molecule has 0 aliphatic rings. The van der Waals surface area contributed by atoms with E-state index in [9.17, 15) is 0 Å². The first-order valence-electron chi connectivity index (χ1n) is 3.82. The van der Waals surface area contributed by atoms with Crippen molar-refractivity contribution in [2.45, 2.75) is 6.92 Å². The van der Waals surface area contributed by atoms with Crippen molar-refractivity contribution in [1.29, 1.82) is 0 Å². The molecule has 0 aliphatic heterocycles. The molecule has 0 aliphatic carbocycles. The third kappa shape index (κ3) is 2.85. The molecule has 0 fully saturated rings.